The third-order valence-corrected chi connectivity index (χ3v) is 6.15. The number of pyridine rings is 1. The minimum Gasteiger partial charge on any atom is -0.200 e. The molecule has 9 heteroatoms. The van der Waals surface area contributed by atoms with Crippen LogP contribution in [0, 0.1) is 13.8 Å². The standard InChI is InChI=1S/C24H18F8N/c1-13-9-10-16(14(2)20(13)15-7-5-4-6-8-15)19-11-17-18(12-33(19)3)22(27,28)24(31,32)23(29,30)21(17,25)26/h4-12H,1-3H3/q+1. The fraction of sp³-hybridized carbons (Fsp3) is 0.292. The summed E-state index contributed by atoms with van der Waals surface area (Å²) in [4.78, 5) is 0. The van der Waals surface area contributed by atoms with E-state index in [-0.39, 0.29) is 5.69 Å². The predicted octanol–water partition coefficient (Wildman–Crippen LogP) is 6.93. The molecule has 174 valence electrons. The molecule has 0 spiro atoms. The summed E-state index contributed by atoms with van der Waals surface area (Å²) in [5.41, 5.74) is -0.464. The number of aryl methyl sites for hydroxylation is 2. The minimum atomic E-state index is -6.29. The Kier molecular flexibility index (Phi) is 4.93. The Morgan fingerprint density at radius 2 is 1.24 bits per heavy atom. The van der Waals surface area contributed by atoms with Crippen LogP contribution in [0.5, 0.6) is 0 Å². The highest BCUT2D eigenvalue weighted by Crippen LogP contribution is 2.64. The fourth-order valence-electron chi connectivity index (χ4n) is 4.33. The van der Waals surface area contributed by atoms with Gasteiger partial charge in [-0.15, -0.1) is 0 Å². The van der Waals surface area contributed by atoms with Crippen LogP contribution in [-0.2, 0) is 18.9 Å². The summed E-state index contributed by atoms with van der Waals surface area (Å²) < 4.78 is 115. The smallest absolute Gasteiger partial charge is 0.200 e. The highest BCUT2D eigenvalue weighted by atomic mass is 19.4. The third-order valence-electron chi connectivity index (χ3n) is 6.15. The molecule has 0 radical (unpaired) electrons. The summed E-state index contributed by atoms with van der Waals surface area (Å²) in [6.07, 6.45) is 0.378. The predicted molar refractivity (Wildman–Crippen MR) is 106 cm³/mol. The quantitative estimate of drug-likeness (QED) is 0.281. The number of benzene rings is 2. The molecule has 3 aromatic rings. The molecule has 33 heavy (non-hydrogen) atoms. The van der Waals surface area contributed by atoms with Crippen molar-refractivity contribution in [3.05, 3.63) is 77.0 Å². The Hall–Kier alpha value is -2.97. The molecule has 0 saturated heterocycles. The van der Waals surface area contributed by atoms with Gasteiger partial charge in [-0.2, -0.15) is 35.1 Å². The second-order valence-electron chi connectivity index (χ2n) is 8.19. The molecular formula is C24H18F8N+. The number of halogens is 8. The van der Waals surface area contributed by atoms with Crippen molar-refractivity contribution in [3.8, 4) is 22.4 Å². The number of hydrogen-bond acceptors (Lipinski definition) is 0. The van der Waals surface area contributed by atoms with Crippen LogP contribution in [0.25, 0.3) is 22.4 Å². The molecular weight excluding hydrogens is 454 g/mol. The number of nitrogens with zero attached hydrogens (tertiary/aromatic N) is 1. The molecule has 0 bridgehead atoms. The van der Waals surface area contributed by atoms with E-state index in [1.165, 1.54) is 7.05 Å². The number of fused-ring (bicyclic) bond motifs is 1. The Morgan fingerprint density at radius 3 is 1.82 bits per heavy atom. The highest BCUT2D eigenvalue weighted by molar-refractivity contribution is 5.78. The first kappa shape index (κ1) is 23.2. The van der Waals surface area contributed by atoms with Gasteiger partial charge in [-0.1, -0.05) is 36.4 Å². The second kappa shape index (κ2) is 7.01. The Morgan fingerprint density at radius 1 is 0.697 bits per heavy atom. The van der Waals surface area contributed by atoms with Gasteiger partial charge < -0.3 is 0 Å². The molecule has 0 unspecified atom stereocenters. The van der Waals surface area contributed by atoms with Crippen molar-refractivity contribution in [2.75, 3.05) is 0 Å². The molecule has 0 amide bonds. The second-order valence-corrected chi connectivity index (χ2v) is 8.19. The van der Waals surface area contributed by atoms with Crippen LogP contribution < -0.4 is 4.57 Å². The Balaban J connectivity index is 2.02. The summed E-state index contributed by atoms with van der Waals surface area (Å²) in [5, 5.41) is 0. The molecule has 4 rings (SSSR count). The van der Waals surface area contributed by atoms with E-state index < -0.39 is 34.8 Å². The van der Waals surface area contributed by atoms with E-state index in [4.69, 9.17) is 0 Å². The maximum atomic E-state index is 14.6. The number of alkyl halides is 8. The largest absolute Gasteiger partial charge is 0.383 e. The summed E-state index contributed by atoms with van der Waals surface area (Å²) in [5.74, 6) is -23.6. The molecule has 2 aromatic carbocycles. The first-order valence-corrected chi connectivity index (χ1v) is 9.88. The van der Waals surface area contributed by atoms with E-state index in [0.717, 1.165) is 21.3 Å². The lowest BCUT2D eigenvalue weighted by atomic mass is 9.80. The number of aromatic nitrogens is 1. The van der Waals surface area contributed by atoms with Crippen LogP contribution in [0.4, 0.5) is 35.1 Å². The first-order chi connectivity index (χ1) is 15.2. The van der Waals surface area contributed by atoms with E-state index in [0.29, 0.717) is 23.4 Å². The molecule has 0 aliphatic heterocycles. The van der Waals surface area contributed by atoms with Crippen molar-refractivity contribution in [2.45, 2.75) is 37.5 Å². The molecule has 0 fully saturated rings. The SMILES string of the molecule is Cc1ccc(-c2cc3c(c[n+]2C)C(F)(F)C(F)(F)C(F)(F)C3(F)F)c(C)c1-c1ccccc1. The van der Waals surface area contributed by atoms with Gasteiger partial charge in [0.15, 0.2) is 6.20 Å². The Bertz CT molecular complexity index is 1250. The molecule has 1 heterocycles. The topological polar surface area (TPSA) is 3.88 Å². The van der Waals surface area contributed by atoms with Gasteiger partial charge in [0.2, 0.25) is 5.69 Å². The van der Waals surface area contributed by atoms with Crippen LogP contribution in [0.2, 0.25) is 0 Å². The van der Waals surface area contributed by atoms with Gasteiger partial charge in [-0.05, 0) is 42.2 Å². The maximum absolute atomic E-state index is 14.6. The summed E-state index contributed by atoms with van der Waals surface area (Å²) in [7, 11) is 1.20. The van der Waals surface area contributed by atoms with Gasteiger partial charge in [0, 0.05) is 17.2 Å². The van der Waals surface area contributed by atoms with Crippen LogP contribution in [0.15, 0.2) is 54.7 Å². The van der Waals surface area contributed by atoms with Gasteiger partial charge >= 0.3 is 23.7 Å². The van der Waals surface area contributed by atoms with Gasteiger partial charge in [0.1, 0.15) is 12.6 Å². The van der Waals surface area contributed by atoms with Crippen molar-refractivity contribution in [1.82, 2.24) is 0 Å². The Labute approximate surface area is 184 Å². The van der Waals surface area contributed by atoms with Gasteiger partial charge in [0.25, 0.3) is 0 Å². The maximum Gasteiger partial charge on any atom is 0.383 e. The van der Waals surface area contributed by atoms with E-state index in [9.17, 15) is 35.1 Å². The number of rotatable bonds is 2. The van der Waals surface area contributed by atoms with Gasteiger partial charge in [0.05, 0.1) is 0 Å². The van der Waals surface area contributed by atoms with E-state index in [1.54, 1.807) is 37.3 Å². The van der Waals surface area contributed by atoms with Crippen molar-refractivity contribution in [2.24, 2.45) is 7.05 Å². The molecule has 1 nitrogen and oxygen atoms in total. The molecule has 0 atom stereocenters. The van der Waals surface area contributed by atoms with Crippen molar-refractivity contribution in [1.29, 1.82) is 0 Å². The van der Waals surface area contributed by atoms with Crippen molar-refractivity contribution < 1.29 is 39.7 Å². The zero-order valence-corrected chi connectivity index (χ0v) is 17.7. The lowest BCUT2D eigenvalue weighted by molar-refractivity contribution is -0.661. The molecule has 1 aliphatic rings. The lowest BCUT2D eigenvalue weighted by Gasteiger charge is -2.42. The lowest BCUT2D eigenvalue weighted by Crippen LogP contribution is -2.64. The highest BCUT2D eigenvalue weighted by Gasteiger charge is 2.85. The normalized spacial score (nSPS) is 19.7. The van der Waals surface area contributed by atoms with Gasteiger partial charge in [-0.25, -0.2) is 4.57 Å². The van der Waals surface area contributed by atoms with Crippen molar-refractivity contribution >= 4 is 0 Å². The molecule has 0 N–H and O–H groups in total. The van der Waals surface area contributed by atoms with Crippen molar-refractivity contribution in [3.63, 3.8) is 0 Å². The number of hydrogen-bond donors (Lipinski definition) is 0. The molecule has 1 aliphatic carbocycles. The fourth-order valence-corrected chi connectivity index (χ4v) is 4.33. The monoisotopic (exact) mass is 472 g/mol. The first-order valence-electron chi connectivity index (χ1n) is 9.88. The molecule has 1 aromatic heterocycles. The van der Waals surface area contributed by atoms with Gasteiger partial charge in [-0.3, -0.25) is 0 Å². The average molecular weight is 472 g/mol. The third kappa shape index (κ3) is 2.93. The summed E-state index contributed by atoms with van der Waals surface area (Å²) >= 11 is 0. The van der Waals surface area contributed by atoms with Crippen LogP contribution in [-0.4, -0.2) is 11.8 Å². The van der Waals surface area contributed by atoms with E-state index >= 15 is 0 Å². The van der Waals surface area contributed by atoms with Crippen LogP contribution in [0.1, 0.15) is 22.3 Å². The van der Waals surface area contributed by atoms with E-state index in [1.807, 2.05) is 19.1 Å². The zero-order valence-electron chi connectivity index (χ0n) is 17.7. The van der Waals surface area contributed by atoms with Crippen LogP contribution >= 0.6 is 0 Å². The summed E-state index contributed by atoms with van der Waals surface area (Å²) in [6, 6.07) is 12.7. The molecule has 0 saturated carbocycles. The summed E-state index contributed by atoms with van der Waals surface area (Å²) in [6.45, 7) is 3.50. The van der Waals surface area contributed by atoms with E-state index in [2.05, 4.69) is 0 Å². The minimum absolute atomic E-state index is 0.0973. The zero-order chi connectivity index (χ0) is 24.6. The average Bonchev–Trinajstić information content (AvgIpc) is 2.73. The van der Waals surface area contributed by atoms with Crippen LogP contribution in [0.3, 0.4) is 0 Å².